The van der Waals surface area contributed by atoms with Crippen LogP contribution in [0.5, 0.6) is 5.75 Å². The van der Waals surface area contributed by atoms with Crippen LogP contribution in [0, 0.1) is 0 Å². The first-order chi connectivity index (χ1) is 11.7. The number of benzene rings is 1. The van der Waals surface area contributed by atoms with Crippen LogP contribution in [0.4, 0.5) is 4.79 Å². The van der Waals surface area contributed by atoms with Crippen molar-refractivity contribution < 1.29 is 23.9 Å². The quantitative estimate of drug-likeness (QED) is 0.546. The molecule has 0 bridgehead atoms. The second-order valence-corrected chi connectivity index (χ2v) is 7.13. The van der Waals surface area contributed by atoms with E-state index in [1.165, 1.54) is 30.2 Å². The summed E-state index contributed by atoms with van der Waals surface area (Å²) in [5, 5.41) is 0.0259. The van der Waals surface area contributed by atoms with Gasteiger partial charge in [-0.2, -0.15) is 0 Å². The molecule has 2 amide bonds. The molecule has 9 heteroatoms. The fourth-order valence-electron chi connectivity index (χ4n) is 2.07. The van der Waals surface area contributed by atoms with Crippen molar-refractivity contribution in [2.24, 2.45) is 0 Å². The van der Waals surface area contributed by atoms with Gasteiger partial charge in [0.15, 0.2) is 12.4 Å². The number of nitrogens with zero attached hydrogens (tertiary/aromatic N) is 1. The summed E-state index contributed by atoms with van der Waals surface area (Å²) in [5.41, 5.74) is 0.537. The standard InChI is InChI=1S/C16H15Cl2NO5S/c1-8(2)19-15(21)12(25-16(19)22)6-9-4-10(17)14(11(18)5-9)24-7-13(20)23-3/h4-6,8H,7H2,1-3H3/b12-6+. The molecule has 0 aromatic heterocycles. The summed E-state index contributed by atoms with van der Waals surface area (Å²) in [6, 6.07) is 2.84. The van der Waals surface area contributed by atoms with Crippen LogP contribution in [0.25, 0.3) is 6.08 Å². The molecule has 0 saturated carbocycles. The van der Waals surface area contributed by atoms with Crippen LogP contribution in [0.3, 0.4) is 0 Å². The zero-order valence-electron chi connectivity index (χ0n) is 13.7. The fraction of sp³-hybridized carbons (Fsp3) is 0.312. The number of carbonyl (C=O) groups excluding carboxylic acids is 3. The molecule has 1 aliphatic heterocycles. The molecule has 0 unspecified atom stereocenters. The first-order valence-corrected chi connectivity index (χ1v) is 8.77. The highest BCUT2D eigenvalue weighted by molar-refractivity contribution is 8.18. The van der Waals surface area contributed by atoms with E-state index >= 15 is 0 Å². The molecule has 1 fully saturated rings. The van der Waals surface area contributed by atoms with Gasteiger partial charge in [0.1, 0.15) is 0 Å². The number of thioether (sulfide) groups is 1. The Morgan fingerprint density at radius 2 is 1.88 bits per heavy atom. The Morgan fingerprint density at radius 1 is 1.28 bits per heavy atom. The van der Waals surface area contributed by atoms with Crippen molar-refractivity contribution in [3.8, 4) is 5.75 Å². The summed E-state index contributed by atoms with van der Waals surface area (Å²) in [4.78, 5) is 36.8. The normalized spacial score (nSPS) is 16.1. The molecule has 0 atom stereocenters. The number of amides is 2. The number of esters is 1. The third kappa shape index (κ3) is 4.48. The van der Waals surface area contributed by atoms with E-state index in [9.17, 15) is 14.4 Å². The van der Waals surface area contributed by atoms with Crippen LogP contribution in [0.1, 0.15) is 19.4 Å². The number of imide groups is 1. The highest BCUT2D eigenvalue weighted by Crippen LogP contribution is 2.37. The predicted molar refractivity (Wildman–Crippen MR) is 96.9 cm³/mol. The zero-order valence-corrected chi connectivity index (χ0v) is 16.0. The minimum Gasteiger partial charge on any atom is -0.479 e. The van der Waals surface area contributed by atoms with Gasteiger partial charge in [-0.3, -0.25) is 14.5 Å². The van der Waals surface area contributed by atoms with Gasteiger partial charge in [-0.1, -0.05) is 23.2 Å². The van der Waals surface area contributed by atoms with Gasteiger partial charge in [0.25, 0.3) is 11.1 Å². The van der Waals surface area contributed by atoms with Gasteiger partial charge in [-0.25, -0.2) is 4.79 Å². The van der Waals surface area contributed by atoms with E-state index in [1.54, 1.807) is 13.8 Å². The largest absolute Gasteiger partial charge is 0.479 e. The van der Waals surface area contributed by atoms with E-state index in [-0.39, 0.29) is 44.5 Å². The van der Waals surface area contributed by atoms with E-state index in [0.29, 0.717) is 5.56 Å². The summed E-state index contributed by atoms with van der Waals surface area (Å²) in [7, 11) is 1.24. The lowest BCUT2D eigenvalue weighted by atomic mass is 10.2. The van der Waals surface area contributed by atoms with Gasteiger partial charge in [-0.15, -0.1) is 0 Å². The summed E-state index contributed by atoms with van der Waals surface area (Å²) in [6.07, 6.45) is 1.54. The topological polar surface area (TPSA) is 72.9 Å². The first-order valence-electron chi connectivity index (χ1n) is 7.20. The van der Waals surface area contributed by atoms with E-state index in [2.05, 4.69) is 4.74 Å². The third-order valence-corrected chi connectivity index (χ3v) is 4.67. The highest BCUT2D eigenvalue weighted by Gasteiger charge is 2.36. The Kier molecular flexibility index (Phi) is 6.37. The van der Waals surface area contributed by atoms with Crippen molar-refractivity contribution in [2.45, 2.75) is 19.9 Å². The van der Waals surface area contributed by atoms with Gasteiger partial charge in [-0.05, 0) is 49.4 Å². The van der Waals surface area contributed by atoms with E-state index in [1.807, 2.05) is 0 Å². The fourth-order valence-corrected chi connectivity index (χ4v) is 3.64. The molecule has 1 aromatic carbocycles. The molecular formula is C16H15Cl2NO5S. The van der Waals surface area contributed by atoms with Crippen molar-refractivity contribution in [1.82, 2.24) is 4.90 Å². The Morgan fingerprint density at radius 3 is 2.36 bits per heavy atom. The number of halogens is 2. The summed E-state index contributed by atoms with van der Waals surface area (Å²) in [6.45, 7) is 3.20. The van der Waals surface area contributed by atoms with Gasteiger partial charge >= 0.3 is 5.97 Å². The van der Waals surface area contributed by atoms with E-state index < -0.39 is 5.97 Å². The van der Waals surface area contributed by atoms with E-state index in [0.717, 1.165) is 11.8 Å². The average molecular weight is 404 g/mol. The lowest BCUT2D eigenvalue weighted by Gasteiger charge is -2.16. The molecule has 0 radical (unpaired) electrons. The molecule has 1 aromatic rings. The van der Waals surface area contributed by atoms with Crippen LogP contribution in [-0.4, -0.2) is 41.8 Å². The van der Waals surface area contributed by atoms with Gasteiger partial charge in [0.2, 0.25) is 0 Å². The molecule has 25 heavy (non-hydrogen) atoms. The Hall–Kier alpha value is -1.70. The lowest BCUT2D eigenvalue weighted by Crippen LogP contribution is -2.34. The molecule has 1 aliphatic rings. The molecule has 1 heterocycles. The number of hydrogen-bond acceptors (Lipinski definition) is 6. The van der Waals surface area contributed by atoms with Crippen LogP contribution in [0.15, 0.2) is 17.0 Å². The third-order valence-electron chi connectivity index (χ3n) is 3.22. The lowest BCUT2D eigenvalue weighted by molar-refractivity contribution is -0.142. The summed E-state index contributed by atoms with van der Waals surface area (Å²) in [5.74, 6) is -0.789. The Balaban J connectivity index is 2.26. The van der Waals surface area contributed by atoms with Gasteiger partial charge < -0.3 is 9.47 Å². The van der Waals surface area contributed by atoms with Crippen LogP contribution in [-0.2, 0) is 14.3 Å². The number of rotatable bonds is 5. The van der Waals surface area contributed by atoms with Crippen molar-refractivity contribution >= 4 is 58.2 Å². The molecule has 134 valence electrons. The van der Waals surface area contributed by atoms with E-state index in [4.69, 9.17) is 27.9 Å². The number of methoxy groups -OCH3 is 1. The van der Waals surface area contributed by atoms with Gasteiger partial charge in [0.05, 0.1) is 22.1 Å². The molecular weight excluding hydrogens is 389 g/mol. The summed E-state index contributed by atoms with van der Waals surface area (Å²) < 4.78 is 9.72. The smallest absolute Gasteiger partial charge is 0.343 e. The predicted octanol–water partition coefficient (Wildman–Crippen LogP) is 3.99. The van der Waals surface area contributed by atoms with Crippen LogP contribution < -0.4 is 4.74 Å². The number of ether oxygens (including phenoxy) is 2. The second-order valence-electron chi connectivity index (χ2n) is 5.32. The molecule has 2 rings (SSSR count). The first kappa shape index (κ1) is 19.6. The van der Waals surface area contributed by atoms with Gasteiger partial charge in [0, 0.05) is 6.04 Å². The van der Waals surface area contributed by atoms with Crippen molar-refractivity contribution in [1.29, 1.82) is 0 Å². The van der Waals surface area contributed by atoms with Crippen LogP contribution >= 0.6 is 35.0 Å². The molecule has 0 aliphatic carbocycles. The van der Waals surface area contributed by atoms with Crippen LogP contribution in [0.2, 0.25) is 10.0 Å². The monoisotopic (exact) mass is 403 g/mol. The van der Waals surface area contributed by atoms with Crippen molar-refractivity contribution in [3.05, 3.63) is 32.6 Å². The SMILES string of the molecule is COC(=O)COc1c(Cl)cc(/C=C2/SC(=O)N(C(C)C)C2=O)cc1Cl. The minimum atomic E-state index is -0.571. The molecule has 6 nitrogen and oxygen atoms in total. The molecule has 0 spiro atoms. The number of carbonyl (C=O) groups is 3. The van der Waals surface area contributed by atoms with Crippen molar-refractivity contribution in [3.63, 3.8) is 0 Å². The summed E-state index contributed by atoms with van der Waals surface area (Å²) >= 11 is 13.1. The zero-order chi connectivity index (χ0) is 18.7. The second kappa shape index (κ2) is 8.12. The maximum Gasteiger partial charge on any atom is 0.343 e. The minimum absolute atomic E-state index is 0.140. The highest BCUT2D eigenvalue weighted by atomic mass is 35.5. The Bertz CT molecular complexity index is 740. The maximum absolute atomic E-state index is 12.3. The maximum atomic E-state index is 12.3. The molecule has 1 saturated heterocycles. The molecule has 0 N–H and O–H groups in total. The Labute approximate surface area is 159 Å². The van der Waals surface area contributed by atoms with Crippen molar-refractivity contribution in [2.75, 3.05) is 13.7 Å². The average Bonchev–Trinajstić information content (AvgIpc) is 2.80. The number of hydrogen-bond donors (Lipinski definition) is 0.